The fourth-order valence-electron chi connectivity index (χ4n) is 18.8. The maximum absolute atomic E-state index is 14.0. The van der Waals surface area contributed by atoms with Gasteiger partial charge in [0.1, 0.15) is 95.0 Å². The lowest BCUT2D eigenvalue weighted by Crippen LogP contribution is -2.56. The summed E-state index contributed by atoms with van der Waals surface area (Å²) in [7, 11) is 1.66. The van der Waals surface area contributed by atoms with Crippen molar-refractivity contribution in [1.82, 2.24) is 78.1 Å². The molecule has 0 bridgehead atoms. The van der Waals surface area contributed by atoms with Crippen LogP contribution in [0, 0.1) is 24.0 Å². The Morgan fingerprint density at radius 2 is 0.765 bits per heavy atom. The Balaban J connectivity index is 0.000000110. The molecule has 7 fully saturated rings. The van der Waals surface area contributed by atoms with Crippen molar-refractivity contribution in [2.45, 2.75) is 132 Å². The third-order valence-electron chi connectivity index (χ3n) is 25.7. The second-order valence-corrected chi connectivity index (χ2v) is 34.4. The number of halogens is 8. The Labute approximate surface area is 753 Å². The predicted octanol–water partition coefficient (Wildman–Crippen LogP) is 15.6. The van der Waals surface area contributed by atoms with Crippen LogP contribution >= 0.6 is 0 Å². The predicted molar refractivity (Wildman–Crippen MR) is 487 cm³/mol. The monoisotopic (exact) mass is 1810 g/mol. The summed E-state index contributed by atoms with van der Waals surface area (Å²) in [5.41, 5.74) is 8.45. The van der Waals surface area contributed by atoms with E-state index in [0.29, 0.717) is 191 Å². The van der Waals surface area contributed by atoms with Gasteiger partial charge < -0.3 is 79.4 Å². The molecule has 132 heavy (non-hydrogen) atoms. The SMILES string of the molecule is C=C1Nc2c(N3CCC(F)(F)CC3)nc(-n3cnc4ccc(F)cc43)nc2N1C1CCOCC1.C=C1Nc2c(N3CCC(F)CC3)nc(-n3cnc4ccc(F)cc43)nc2N1C1CCOCC1.C=C1Nc2c(N3CCCCC3)nc(-n3cnc4ccc(F)cc43)nc2N1C1CCOCC1.[C-]#[N+]c1ccc2ncn(-c3nc(N4CC(F)(F)C4)c4c(n3)N(CCCCOC)C(=C)N4)c2c1. The Hall–Kier alpha value is -13.6. The van der Waals surface area contributed by atoms with E-state index in [4.69, 9.17) is 60.4 Å². The van der Waals surface area contributed by atoms with E-state index in [9.17, 15) is 35.1 Å². The minimum Gasteiger partial charge on any atom is -0.385 e. The number of hydrogen-bond acceptors (Lipinski definition) is 28. The fraction of sp³-hybridized carbons (Fsp3) is 0.418. The van der Waals surface area contributed by atoms with Crippen LogP contribution in [0.4, 0.5) is 110 Å². The van der Waals surface area contributed by atoms with Crippen LogP contribution in [0.3, 0.4) is 0 Å². The number of benzene rings is 4. The van der Waals surface area contributed by atoms with Crippen LogP contribution in [0.25, 0.3) is 72.8 Å². The summed E-state index contributed by atoms with van der Waals surface area (Å²) in [4.78, 5) is 75.8. The minimum absolute atomic E-state index is 0.133. The zero-order chi connectivity index (χ0) is 90.8. The summed E-state index contributed by atoms with van der Waals surface area (Å²) in [6.45, 7) is 32.0. The normalized spacial score (nSPS) is 19.1. The molecule has 0 radical (unpaired) electrons. The lowest BCUT2D eigenvalue weighted by Gasteiger charge is -2.40. The summed E-state index contributed by atoms with van der Waals surface area (Å²) < 4.78 is 140. The van der Waals surface area contributed by atoms with Crippen molar-refractivity contribution in [1.29, 1.82) is 0 Å². The van der Waals surface area contributed by atoms with E-state index in [0.717, 1.165) is 131 Å². The van der Waals surface area contributed by atoms with Crippen molar-refractivity contribution in [3.63, 3.8) is 0 Å². The number of aromatic nitrogens is 16. The molecule has 11 aliphatic heterocycles. The largest absolute Gasteiger partial charge is 0.385 e. The Morgan fingerprint density at radius 3 is 1.16 bits per heavy atom. The van der Waals surface area contributed by atoms with Crippen LogP contribution in [-0.4, -0.2) is 226 Å². The maximum Gasteiger partial charge on any atom is 0.282 e. The highest BCUT2D eigenvalue weighted by Crippen LogP contribution is 2.50. The van der Waals surface area contributed by atoms with Gasteiger partial charge in [0.05, 0.1) is 63.8 Å². The van der Waals surface area contributed by atoms with Gasteiger partial charge in [-0.1, -0.05) is 32.4 Å². The molecule has 8 aromatic heterocycles. The van der Waals surface area contributed by atoms with Crippen LogP contribution < -0.4 is 60.5 Å². The average Bonchev–Trinajstić information content (AvgIpc) is 1.59. The molecule has 23 rings (SSSR count). The Morgan fingerprint density at radius 1 is 0.417 bits per heavy atom. The molecule has 686 valence electrons. The van der Waals surface area contributed by atoms with Gasteiger partial charge in [0.25, 0.3) is 11.8 Å². The second-order valence-electron chi connectivity index (χ2n) is 34.4. The number of methoxy groups -OCH3 is 1. The highest BCUT2D eigenvalue weighted by Gasteiger charge is 2.48. The van der Waals surface area contributed by atoms with Gasteiger partial charge in [-0.3, -0.25) is 18.3 Å². The van der Waals surface area contributed by atoms with Crippen molar-refractivity contribution in [2.24, 2.45) is 0 Å². The van der Waals surface area contributed by atoms with Gasteiger partial charge >= 0.3 is 0 Å². The molecule has 19 heterocycles. The number of fused-ring (bicyclic) bond motifs is 8. The summed E-state index contributed by atoms with van der Waals surface area (Å²) in [6.07, 6.45) is 16.4. The number of alkyl halides is 5. The van der Waals surface area contributed by atoms with E-state index in [1.54, 1.807) is 87.1 Å². The molecule has 7 saturated heterocycles. The van der Waals surface area contributed by atoms with Crippen molar-refractivity contribution in [3.8, 4) is 23.8 Å². The van der Waals surface area contributed by atoms with Gasteiger partial charge in [0.15, 0.2) is 52.2 Å². The minimum atomic E-state index is -2.75. The summed E-state index contributed by atoms with van der Waals surface area (Å²) in [6, 6.07) is 19.1. The molecule has 0 unspecified atom stereocenters. The molecule has 4 N–H and O–H groups in total. The van der Waals surface area contributed by atoms with E-state index in [1.807, 2.05) is 14.7 Å². The molecule has 0 aliphatic carbocycles. The van der Waals surface area contributed by atoms with Crippen LogP contribution in [0.1, 0.15) is 96.3 Å². The number of nitrogens with one attached hydrogen (secondary N) is 4. The first kappa shape index (κ1) is 86.4. The number of piperidine rings is 3. The number of nitrogens with zero attached hydrogens (tertiary/aromatic N) is 25. The first-order valence-corrected chi connectivity index (χ1v) is 44.6. The summed E-state index contributed by atoms with van der Waals surface area (Å²) >= 11 is 0. The molecule has 33 nitrogen and oxygen atoms in total. The third-order valence-corrected chi connectivity index (χ3v) is 25.7. The highest BCUT2D eigenvalue weighted by atomic mass is 19.3. The van der Waals surface area contributed by atoms with E-state index in [-0.39, 0.29) is 55.7 Å². The maximum atomic E-state index is 14.0. The molecular weight excluding hydrogens is 1720 g/mol. The number of imidazole rings is 4. The van der Waals surface area contributed by atoms with Gasteiger partial charge in [0, 0.05) is 148 Å². The van der Waals surface area contributed by atoms with Gasteiger partial charge in [-0.25, -0.2) is 59.9 Å². The standard InChI is InChI=1S/C23H24F3N7O.C23H25F2N7O.C23H26FN7O.C22H22F2N8O/c1-14-28-19-20(31-8-6-23(25,26)7-9-31)29-22(30-21(19)33(14)16-4-10-34-11-5-16)32-13-27-17-3-2-15(24)12-18(17)32;1-14-27-20-21(30-8-4-15(24)5-9-30)28-23(29-22(20)32(14)17-6-10-33-11-7-17)31-13-26-18-3-2-16(25)12-19(18)31;1-15-26-20-21(29-9-3-2-4-10-29)27-23(28-22(20)31(15)17-7-11-32-12-8-17)30-14-25-18-6-5-16(24)13-19(18)30;1-14-27-18-19(30-11-22(23,24)12-30)28-21(29-20(18)31(14)8-4-5-9-33-3)32-13-26-16-7-6-15(25-2)10-17(16)32/h2-3,12-13,16,28H,1,4-11H2;2-3,12-13,15,17,27H,1,4-11H2;5-6,13-14,17,26H,1-4,7-12H2;6-7,10,13,27H,1,4-5,8-9,11-12H2,3H3. The van der Waals surface area contributed by atoms with Crippen molar-refractivity contribution >= 4 is 119 Å². The Kier molecular flexibility index (Phi) is 23.5. The van der Waals surface area contributed by atoms with Gasteiger partial charge in [-0.05, 0) is 132 Å². The van der Waals surface area contributed by atoms with Crippen molar-refractivity contribution in [2.75, 3.05) is 173 Å². The van der Waals surface area contributed by atoms with Crippen molar-refractivity contribution < 1.29 is 54.1 Å². The summed E-state index contributed by atoms with van der Waals surface area (Å²) in [5.74, 6) is 3.10. The first-order chi connectivity index (χ1) is 64.1. The summed E-state index contributed by atoms with van der Waals surface area (Å²) in [5, 5.41) is 13.3. The van der Waals surface area contributed by atoms with E-state index < -0.39 is 36.9 Å². The highest BCUT2D eigenvalue weighted by molar-refractivity contribution is 5.93. The van der Waals surface area contributed by atoms with Crippen LogP contribution in [0.5, 0.6) is 0 Å². The Bertz CT molecular complexity index is 6470. The zero-order valence-electron chi connectivity index (χ0n) is 72.6. The molecule has 41 heteroatoms. The third kappa shape index (κ3) is 17.0. The molecule has 11 aliphatic rings. The quantitative estimate of drug-likeness (QED) is 0.0397. The topological polar surface area (TPSA) is 290 Å². The van der Waals surface area contributed by atoms with Gasteiger partial charge in [-0.15, -0.1) is 0 Å². The molecule has 12 aromatic rings. The fourth-order valence-corrected chi connectivity index (χ4v) is 18.8. The van der Waals surface area contributed by atoms with E-state index in [1.165, 1.54) is 47.7 Å². The van der Waals surface area contributed by atoms with Gasteiger partial charge in [0.2, 0.25) is 23.8 Å². The molecular formula is C91H97F8N29O4. The molecule has 4 aromatic carbocycles. The number of anilines is 12. The van der Waals surface area contributed by atoms with E-state index >= 15 is 0 Å². The van der Waals surface area contributed by atoms with E-state index in [2.05, 4.69) is 96.9 Å². The van der Waals surface area contributed by atoms with Gasteiger partial charge in [-0.2, -0.15) is 39.9 Å². The van der Waals surface area contributed by atoms with Crippen LogP contribution in [0.2, 0.25) is 0 Å². The lowest BCUT2D eigenvalue weighted by molar-refractivity contribution is -0.0267. The molecule has 0 amide bonds. The second kappa shape index (κ2) is 35.9. The van der Waals surface area contributed by atoms with Crippen molar-refractivity contribution in [3.05, 3.63) is 177 Å². The number of hydrogen-bond donors (Lipinski definition) is 4. The zero-order valence-corrected chi connectivity index (χ0v) is 72.6. The molecule has 0 atom stereocenters. The van der Waals surface area contributed by atoms with Crippen LogP contribution in [0.15, 0.2) is 148 Å². The average molecular weight is 1810 g/mol. The first-order valence-electron chi connectivity index (χ1n) is 44.6. The molecule has 0 saturated carbocycles. The number of unbranched alkanes of at least 4 members (excludes halogenated alkanes) is 1. The van der Waals surface area contributed by atoms with Crippen LogP contribution in [-0.2, 0) is 18.9 Å². The number of ether oxygens (including phenoxy) is 4. The molecule has 0 spiro atoms. The number of rotatable bonds is 16. The lowest BCUT2D eigenvalue weighted by atomic mass is 10.1. The smallest absolute Gasteiger partial charge is 0.282 e.